The monoisotopic (exact) mass is 251 g/mol. The zero-order valence-corrected chi connectivity index (χ0v) is 10.5. The molecule has 0 aromatic heterocycles. The van der Waals surface area contributed by atoms with Gasteiger partial charge in [0.2, 0.25) is 0 Å². The molecule has 0 aliphatic rings. The Balaban J connectivity index is 2.92. The minimum Gasteiger partial charge on any atom is -0.384 e. The van der Waals surface area contributed by atoms with Crippen LogP contribution < -0.4 is 5.32 Å². The third-order valence-corrected chi connectivity index (χ3v) is 2.27. The van der Waals surface area contributed by atoms with Gasteiger partial charge in [-0.2, -0.15) is 0 Å². The van der Waals surface area contributed by atoms with Gasteiger partial charge in [0, 0.05) is 17.2 Å². The molecular formula is C13H14ClNO2. The molecule has 1 rings (SSSR count). The molecule has 1 aromatic rings. The lowest BCUT2D eigenvalue weighted by Gasteiger charge is -2.08. The minimum atomic E-state index is -0.216. The lowest BCUT2D eigenvalue weighted by atomic mass is 10.1. The van der Waals surface area contributed by atoms with Gasteiger partial charge in [0.25, 0.3) is 5.91 Å². The van der Waals surface area contributed by atoms with Gasteiger partial charge in [0.1, 0.15) is 6.61 Å². The van der Waals surface area contributed by atoms with Gasteiger partial charge in [-0.25, -0.2) is 0 Å². The number of aliphatic hydroxyl groups is 1. The van der Waals surface area contributed by atoms with E-state index in [1.54, 1.807) is 18.2 Å². The van der Waals surface area contributed by atoms with Crippen molar-refractivity contribution in [1.82, 2.24) is 5.32 Å². The Morgan fingerprint density at radius 1 is 1.53 bits per heavy atom. The highest BCUT2D eigenvalue weighted by atomic mass is 35.5. The first kappa shape index (κ1) is 13.6. The summed E-state index contributed by atoms with van der Waals surface area (Å²) in [5.74, 6) is 5.05. The Bertz CT molecular complexity index is 472. The minimum absolute atomic E-state index is 0.0788. The molecule has 0 fully saturated rings. The predicted octanol–water partition coefficient (Wildman–Crippen LogP) is 1.82. The second-order valence-corrected chi connectivity index (χ2v) is 4.19. The molecule has 0 saturated carbocycles. The Morgan fingerprint density at radius 2 is 2.24 bits per heavy atom. The molecule has 3 nitrogen and oxygen atoms in total. The van der Waals surface area contributed by atoms with Crippen molar-refractivity contribution in [3.8, 4) is 11.8 Å². The number of carbonyl (C=O) groups excluding carboxylic acids is 1. The fourth-order valence-electron chi connectivity index (χ4n) is 1.24. The summed E-state index contributed by atoms with van der Waals surface area (Å²) < 4.78 is 0. The van der Waals surface area contributed by atoms with E-state index in [1.807, 2.05) is 13.8 Å². The van der Waals surface area contributed by atoms with Crippen molar-refractivity contribution in [2.75, 3.05) is 6.61 Å². The first-order valence-electron chi connectivity index (χ1n) is 5.24. The smallest absolute Gasteiger partial charge is 0.251 e. The summed E-state index contributed by atoms with van der Waals surface area (Å²) >= 11 is 5.98. The van der Waals surface area contributed by atoms with Gasteiger partial charge in [0.15, 0.2) is 0 Å². The Morgan fingerprint density at radius 3 is 2.76 bits per heavy atom. The summed E-state index contributed by atoms with van der Waals surface area (Å²) in [5, 5.41) is 11.8. The van der Waals surface area contributed by atoms with Crippen LogP contribution in [-0.4, -0.2) is 23.7 Å². The maximum absolute atomic E-state index is 11.7. The number of hydrogen-bond acceptors (Lipinski definition) is 2. The highest BCUT2D eigenvalue weighted by Gasteiger charge is 2.08. The van der Waals surface area contributed by atoms with Crippen LogP contribution in [0.4, 0.5) is 0 Å². The summed E-state index contributed by atoms with van der Waals surface area (Å²) in [6.45, 7) is 3.56. The molecule has 0 heterocycles. The fraction of sp³-hybridized carbons (Fsp3) is 0.308. The normalized spacial score (nSPS) is 9.71. The zero-order chi connectivity index (χ0) is 12.8. The fourth-order valence-corrected chi connectivity index (χ4v) is 1.47. The van der Waals surface area contributed by atoms with Crippen molar-refractivity contribution in [3.63, 3.8) is 0 Å². The van der Waals surface area contributed by atoms with E-state index < -0.39 is 0 Å². The van der Waals surface area contributed by atoms with Gasteiger partial charge in [-0.1, -0.05) is 23.4 Å². The van der Waals surface area contributed by atoms with Crippen LogP contribution in [0.25, 0.3) is 0 Å². The maximum atomic E-state index is 11.7. The molecule has 1 amide bonds. The summed E-state index contributed by atoms with van der Waals surface area (Å²) in [5.41, 5.74) is 1.10. The molecular weight excluding hydrogens is 238 g/mol. The van der Waals surface area contributed by atoms with Gasteiger partial charge in [0.05, 0.1) is 5.02 Å². The van der Waals surface area contributed by atoms with Crippen LogP contribution in [0.2, 0.25) is 5.02 Å². The average Bonchev–Trinajstić information content (AvgIpc) is 2.26. The summed E-state index contributed by atoms with van der Waals surface area (Å²) in [7, 11) is 0. The Kier molecular flexibility index (Phi) is 5.02. The first-order chi connectivity index (χ1) is 8.04. The number of benzene rings is 1. The lowest BCUT2D eigenvalue weighted by molar-refractivity contribution is 0.0943. The molecule has 0 aliphatic heterocycles. The van der Waals surface area contributed by atoms with Crippen LogP contribution >= 0.6 is 11.6 Å². The van der Waals surface area contributed by atoms with E-state index in [9.17, 15) is 4.79 Å². The van der Waals surface area contributed by atoms with Crippen molar-refractivity contribution in [3.05, 3.63) is 34.3 Å². The van der Waals surface area contributed by atoms with Crippen LogP contribution in [-0.2, 0) is 0 Å². The van der Waals surface area contributed by atoms with Crippen LogP contribution in [0, 0.1) is 11.8 Å². The maximum Gasteiger partial charge on any atom is 0.251 e. The van der Waals surface area contributed by atoms with Crippen molar-refractivity contribution in [2.24, 2.45) is 0 Å². The molecule has 0 unspecified atom stereocenters. The van der Waals surface area contributed by atoms with Crippen molar-refractivity contribution < 1.29 is 9.90 Å². The van der Waals surface area contributed by atoms with Gasteiger partial charge in [-0.05, 0) is 32.0 Å². The van der Waals surface area contributed by atoms with E-state index in [0.29, 0.717) is 16.1 Å². The second-order valence-electron chi connectivity index (χ2n) is 3.78. The Hall–Kier alpha value is -1.50. The van der Waals surface area contributed by atoms with Gasteiger partial charge in [-0.15, -0.1) is 0 Å². The SMILES string of the molecule is CC(C)NC(=O)c1ccc(C#CCO)c(Cl)c1. The summed E-state index contributed by atoms with van der Waals surface area (Å²) in [6, 6.07) is 4.97. The van der Waals surface area contributed by atoms with Crippen LogP contribution in [0.15, 0.2) is 18.2 Å². The van der Waals surface area contributed by atoms with Crippen LogP contribution in [0.5, 0.6) is 0 Å². The molecule has 4 heteroatoms. The molecule has 0 aliphatic carbocycles. The quantitative estimate of drug-likeness (QED) is 0.788. The Labute approximate surface area is 106 Å². The van der Waals surface area contributed by atoms with Gasteiger partial charge >= 0.3 is 0 Å². The van der Waals surface area contributed by atoms with Gasteiger partial charge in [-0.3, -0.25) is 4.79 Å². The number of amides is 1. The number of aliphatic hydroxyl groups excluding tert-OH is 1. The number of halogens is 1. The largest absolute Gasteiger partial charge is 0.384 e. The highest BCUT2D eigenvalue weighted by molar-refractivity contribution is 6.32. The van der Waals surface area contributed by atoms with E-state index in [0.717, 1.165) is 0 Å². The second kappa shape index (κ2) is 6.29. The van der Waals surface area contributed by atoms with Crippen LogP contribution in [0.3, 0.4) is 0 Å². The molecule has 0 atom stereocenters. The third kappa shape index (κ3) is 4.10. The average molecular weight is 252 g/mol. The molecule has 0 bridgehead atoms. The number of nitrogens with one attached hydrogen (secondary N) is 1. The molecule has 1 aromatic carbocycles. The lowest BCUT2D eigenvalue weighted by Crippen LogP contribution is -2.30. The van der Waals surface area contributed by atoms with Gasteiger partial charge < -0.3 is 10.4 Å². The van der Waals surface area contributed by atoms with E-state index in [-0.39, 0.29) is 18.6 Å². The van der Waals surface area contributed by atoms with Crippen molar-refractivity contribution in [2.45, 2.75) is 19.9 Å². The van der Waals surface area contributed by atoms with E-state index in [2.05, 4.69) is 17.2 Å². The first-order valence-corrected chi connectivity index (χ1v) is 5.62. The molecule has 0 spiro atoms. The van der Waals surface area contributed by atoms with E-state index >= 15 is 0 Å². The molecule has 2 N–H and O–H groups in total. The van der Waals surface area contributed by atoms with E-state index in [1.165, 1.54) is 0 Å². The third-order valence-electron chi connectivity index (χ3n) is 1.95. The highest BCUT2D eigenvalue weighted by Crippen LogP contribution is 2.17. The predicted molar refractivity (Wildman–Crippen MR) is 68.0 cm³/mol. The van der Waals surface area contributed by atoms with Crippen LogP contribution in [0.1, 0.15) is 29.8 Å². The van der Waals surface area contributed by atoms with Crippen molar-refractivity contribution in [1.29, 1.82) is 0 Å². The number of hydrogen-bond donors (Lipinski definition) is 2. The summed E-state index contributed by atoms with van der Waals surface area (Å²) in [6.07, 6.45) is 0. The molecule has 0 saturated heterocycles. The molecule has 17 heavy (non-hydrogen) atoms. The van der Waals surface area contributed by atoms with Crippen molar-refractivity contribution >= 4 is 17.5 Å². The number of rotatable bonds is 2. The zero-order valence-electron chi connectivity index (χ0n) is 9.75. The topological polar surface area (TPSA) is 49.3 Å². The molecule has 90 valence electrons. The van der Waals surface area contributed by atoms with E-state index in [4.69, 9.17) is 16.7 Å². The summed E-state index contributed by atoms with van der Waals surface area (Å²) in [4.78, 5) is 11.7. The number of carbonyl (C=O) groups is 1. The standard InChI is InChI=1S/C13H14ClNO2/c1-9(2)15-13(17)11-6-5-10(4-3-7-16)12(14)8-11/h5-6,8-9,16H,7H2,1-2H3,(H,15,17). The molecule has 0 radical (unpaired) electrons.